The molecular formula is C16H29NO3. The largest absolute Gasteiger partial charge is 0.393 e. The minimum atomic E-state index is -0.203. The number of ether oxygens (including phenoxy) is 1. The molecule has 1 amide bonds. The number of carbonyl (C=O) groups is 1. The number of aliphatic hydroxyl groups is 1. The van der Waals surface area contributed by atoms with Gasteiger partial charge in [-0.2, -0.15) is 0 Å². The van der Waals surface area contributed by atoms with Crippen LogP contribution >= 0.6 is 0 Å². The van der Waals surface area contributed by atoms with E-state index in [9.17, 15) is 9.90 Å². The molecule has 0 aromatic rings. The van der Waals surface area contributed by atoms with Gasteiger partial charge < -0.3 is 14.7 Å². The Morgan fingerprint density at radius 2 is 2.05 bits per heavy atom. The van der Waals surface area contributed by atoms with Crippen molar-refractivity contribution in [3.8, 4) is 0 Å². The van der Waals surface area contributed by atoms with Crippen molar-refractivity contribution in [3.05, 3.63) is 0 Å². The minimum Gasteiger partial charge on any atom is -0.393 e. The fourth-order valence-corrected chi connectivity index (χ4v) is 3.75. The molecule has 1 aliphatic carbocycles. The van der Waals surface area contributed by atoms with E-state index >= 15 is 0 Å². The van der Waals surface area contributed by atoms with E-state index in [2.05, 4.69) is 0 Å². The van der Waals surface area contributed by atoms with Crippen molar-refractivity contribution in [3.63, 3.8) is 0 Å². The first-order valence-corrected chi connectivity index (χ1v) is 8.29. The van der Waals surface area contributed by atoms with Gasteiger partial charge in [-0.15, -0.1) is 0 Å². The highest BCUT2D eigenvalue weighted by Crippen LogP contribution is 2.34. The topological polar surface area (TPSA) is 49.8 Å². The SMILES string of the molecule is CCOCCCC(=O)N1CCCC1C1CCCCC1O. The van der Waals surface area contributed by atoms with Gasteiger partial charge in [-0.1, -0.05) is 12.8 Å². The van der Waals surface area contributed by atoms with Crippen LogP contribution in [0.5, 0.6) is 0 Å². The molecule has 4 nitrogen and oxygen atoms in total. The van der Waals surface area contributed by atoms with E-state index < -0.39 is 0 Å². The first kappa shape index (κ1) is 15.8. The molecule has 1 saturated carbocycles. The number of rotatable bonds is 6. The van der Waals surface area contributed by atoms with E-state index in [1.54, 1.807) is 0 Å². The van der Waals surface area contributed by atoms with Crippen molar-refractivity contribution < 1.29 is 14.6 Å². The summed E-state index contributed by atoms with van der Waals surface area (Å²) in [4.78, 5) is 14.4. The van der Waals surface area contributed by atoms with E-state index in [0.29, 0.717) is 18.9 Å². The van der Waals surface area contributed by atoms with Gasteiger partial charge >= 0.3 is 0 Å². The summed E-state index contributed by atoms with van der Waals surface area (Å²) in [6.07, 6.45) is 7.66. The van der Waals surface area contributed by atoms with Crippen molar-refractivity contribution >= 4 is 5.91 Å². The van der Waals surface area contributed by atoms with E-state index in [0.717, 1.165) is 51.7 Å². The van der Waals surface area contributed by atoms with Crippen LogP contribution in [-0.4, -0.2) is 47.8 Å². The van der Waals surface area contributed by atoms with Crippen LogP contribution in [0.2, 0.25) is 0 Å². The maximum atomic E-state index is 12.4. The third kappa shape index (κ3) is 3.95. The molecule has 1 heterocycles. The smallest absolute Gasteiger partial charge is 0.222 e. The van der Waals surface area contributed by atoms with Crippen LogP contribution in [0.15, 0.2) is 0 Å². The summed E-state index contributed by atoms with van der Waals surface area (Å²) in [6, 6.07) is 0.282. The molecule has 1 N–H and O–H groups in total. The maximum absolute atomic E-state index is 12.4. The van der Waals surface area contributed by atoms with Crippen molar-refractivity contribution in [1.29, 1.82) is 0 Å². The fourth-order valence-electron chi connectivity index (χ4n) is 3.75. The van der Waals surface area contributed by atoms with Gasteiger partial charge in [0, 0.05) is 38.1 Å². The zero-order valence-electron chi connectivity index (χ0n) is 12.7. The van der Waals surface area contributed by atoms with Crippen LogP contribution in [-0.2, 0) is 9.53 Å². The molecule has 4 heteroatoms. The van der Waals surface area contributed by atoms with Crippen molar-refractivity contribution in [2.24, 2.45) is 5.92 Å². The Morgan fingerprint density at radius 3 is 2.80 bits per heavy atom. The van der Waals surface area contributed by atoms with E-state index in [1.165, 1.54) is 6.42 Å². The highest BCUT2D eigenvalue weighted by molar-refractivity contribution is 5.76. The van der Waals surface area contributed by atoms with Gasteiger partial charge in [-0.25, -0.2) is 0 Å². The molecule has 3 atom stereocenters. The van der Waals surface area contributed by atoms with Crippen LogP contribution in [0.4, 0.5) is 0 Å². The molecule has 0 spiro atoms. The van der Waals surface area contributed by atoms with Crippen LogP contribution < -0.4 is 0 Å². The molecule has 0 aromatic carbocycles. The third-order valence-electron chi connectivity index (χ3n) is 4.78. The van der Waals surface area contributed by atoms with Gasteiger partial charge in [0.1, 0.15) is 0 Å². The predicted molar refractivity (Wildman–Crippen MR) is 78.4 cm³/mol. The molecular weight excluding hydrogens is 254 g/mol. The van der Waals surface area contributed by atoms with Gasteiger partial charge in [-0.05, 0) is 39.0 Å². The van der Waals surface area contributed by atoms with Gasteiger partial charge in [-0.3, -0.25) is 4.79 Å². The standard InChI is InChI=1S/C16H29NO3/c1-2-20-12-6-10-16(19)17-11-5-8-14(17)13-7-3-4-9-15(13)18/h13-15,18H,2-12H2,1H3. The second-order valence-corrected chi connectivity index (χ2v) is 6.11. The van der Waals surface area contributed by atoms with Gasteiger partial charge in [0.15, 0.2) is 0 Å². The summed E-state index contributed by atoms with van der Waals surface area (Å²) in [6.45, 7) is 4.24. The van der Waals surface area contributed by atoms with Crippen LogP contribution in [0.25, 0.3) is 0 Å². The summed E-state index contributed by atoms with van der Waals surface area (Å²) in [5.41, 5.74) is 0. The molecule has 1 saturated heterocycles. The van der Waals surface area contributed by atoms with Crippen molar-refractivity contribution in [2.45, 2.75) is 70.4 Å². The Balaban J connectivity index is 1.84. The van der Waals surface area contributed by atoms with Gasteiger partial charge in [0.05, 0.1) is 6.10 Å². The Hall–Kier alpha value is -0.610. The number of carbonyl (C=O) groups excluding carboxylic acids is 1. The second kappa shape index (κ2) is 7.99. The first-order valence-electron chi connectivity index (χ1n) is 8.29. The van der Waals surface area contributed by atoms with Gasteiger partial charge in [0.25, 0.3) is 0 Å². The van der Waals surface area contributed by atoms with Crippen molar-refractivity contribution in [1.82, 2.24) is 4.90 Å². The lowest BCUT2D eigenvalue weighted by atomic mass is 9.80. The molecule has 1 aliphatic heterocycles. The molecule has 116 valence electrons. The quantitative estimate of drug-likeness (QED) is 0.761. The molecule has 2 fully saturated rings. The summed E-state index contributed by atoms with van der Waals surface area (Å²) < 4.78 is 5.30. The van der Waals surface area contributed by atoms with Crippen LogP contribution in [0.3, 0.4) is 0 Å². The van der Waals surface area contributed by atoms with E-state index in [1.807, 2.05) is 11.8 Å². The number of amides is 1. The lowest BCUT2D eigenvalue weighted by Crippen LogP contribution is -2.45. The molecule has 20 heavy (non-hydrogen) atoms. The molecule has 2 rings (SSSR count). The number of hydrogen-bond acceptors (Lipinski definition) is 3. The van der Waals surface area contributed by atoms with Gasteiger partial charge in [0.2, 0.25) is 5.91 Å². The number of nitrogens with zero attached hydrogens (tertiary/aromatic N) is 1. The number of likely N-dealkylation sites (tertiary alicyclic amines) is 1. The zero-order valence-corrected chi connectivity index (χ0v) is 12.7. The second-order valence-electron chi connectivity index (χ2n) is 6.11. The molecule has 0 radical (unpaired) electrons. The highest BCUT2D eigenvalue weighted by atomic mass is 16.5. The van der Waals surface area contributed by atoms with Crippen LogP contribution in [0, 0.1) is 5.92 Å². The highest BCUT2D eigenvalue weighted by Gasteiger charge is 2.38. The lowest BCUT2D eigenvalue weighted by Gasteiger charge is -2.37. The average Bonchev–Trinajstić information content (AvgIpc) is 2.93. The maximum Gasteiger partial charge on any atom is 0.222 e. The summed E-state index contributed by atoms with van der Waals surface area (Å²) in [5.74, 6) is 0.562. The molecule has 0 bridgehead atoms. The summed E-state index contributed by atoms with van der Waals surface area (Å²) >= 11 is 0. The normalized spacial score (nSPS) is 30.7. The van der Waals surface area contributed by atoms with E-state index in [-0.39, 0.29) is 18.1 Å². The Bertz CT molecular complexity index is 308. The first-order chi connectivity index (χ1) is 9.74. The van der Waals surface area contributed by atoms with E-state index in [4.69, 9.17) is 4.74 Å². The minimum absolute atomic E-state index is 0.203. The zero-order chi connectivity index (χ0) is 14.4. The predicted octanol–water partition coefficient (Wildman–Crippen LogP) is 2.35. The third-order valence-corrected chi connectivity index (χ3v) is 4.78. The van der Waals surface area contributed by atoms with Crippen molar-refractivity contribution in [2.75, 3.05) is 19.8 Å². The summed E-state index contributed by atoms with van der Waals surface area (Å²) in [7, 11) is 0. The fraction of sp³-hybridized carbons (Fsp3) is 0.938. The number of hydrogen-bond donors (Lipinski definition) is 1. The average molecular weight is 283 g/mol. The summed E-state index contributed by atoms with van der Waals surface area (Å²) in [5, 5.41) is 10.2. The van der Waals surface area contributed by atoms with Crippen LogP contribution in [0.1, 0.15) is 58.3 Å². The Kier molecular flexibility index (Phi) is 6.30. The molecule has 2 aliphatic rings. The molecule has 3 unspecified atom stereocenters. The molecule has 0 aromatic heterocycles. The lowest BCUT2D eigenvalue weighted by molar-refractivity contribution is -0.134. The Labute approximate surface area is 122 Å². The number of aliphatic hydroxyl groups excluding tert-OH is 1. The monoisotopic (exact) mass is 283 g/mol. The Morgan fingerprint density at radius 1 is 1.25 bits per heavy atom.